The fourth-order valence-corrected chi connectivity index (χ4v) is 2.79. The van der Waals surface area contributed by atoms with Gasteiger partial charge in [-0.1, -0.05) is 18.8 Å². The molecule has 112 valence electrons. The van der Waals surface area contributed by atoms with Crippen LogP contribution in [-0.4, -0.2) is 35.1 Å². The van der Waals surface area contributed by atoms with E-state index < -0.39 is 0 Å². The summed E-state index contributed by atoms with van der Waals surface area (Å²) in [5.41, 5.74) is 1.60. The number of rotatable bonds is 2. The van der Waals surface area contributed by atoms with Gasteiger partial charge in [-0.2, -0.15) is 0 Å². The molecule has 2 atom stereocenters. The minimum Gasteiger partial charge on any atom is -0.395 e. The van der Waals surface area contributed by atoms with Gasteiger partial charge in [0.1, 0.15) is 0 Å². The summed E-state index contributed by atoms with van der Waals surface area (Å²) in [6, 6.07) is 7.74. The van der Waals surface area contributed by atoms with Gasteiger partial charge in [-0.25, -0.2) is 0 Å². The normalized spacial score (nSPS) is 21.6. The number of aliphatic hydroxyl groups is 1. The van der Waals surface area contributed by atoms with Crippen LogP contribution in [0.2, 0.25) is 0 Å². The zero-order valence-electron chi connectivity index (χ0n) is 12.8. The Balaban J connectivity index is 2.05. The summed E-state index contributed by atoms with van der Waals surface area (Å²) >= 11 is 0. The molecule has 1 aromatic rings. The lowest BCUT2D eigenvalue weighted by atomic mass is 9.93. The number of hydrogen-bond acceptors (Lipinski definition) is 2. The molecular weight excluding hydrogens is 262 g/mol. The Morgan fingerprint density at radius 2 is 2.05 bits per heavy atom. The molecule has 21 heavy (non-hydrogen) atoms. The van der Waals surface area contributed by atoms with E-state index in [-0.39, 0.29) is 12.5 Å². The summed E-state index contributed by atoms with van der Waals surface area (Å²) in [6.07, 6.45) is 2.64. The Bertz CT molecular complexity index is 539. The molecule has 1 aliphatic rings. The number of piperidine rings is 1. The molecule has 1 aliphatic heterocycles. The predicted octanol–water partition coefficient (Wildman–Crippen LogP) is 2.68. The summed E-state index contributed by atoms with van der Waals surface area (Å²) in [5, 5.41) is 8.70. The second-order valence-corrected chi connectivity index (χ2v) is 5.83. The first kappa shape index (κ1) is 15.6. The van der Waals surface area contributed by atoms with Gasteiger partial charge in [-0.3, -0.25) is 4.79 Å². The van der Waals surface area contributed by atoms with Crippen molar-refractivity contribution >= 4 is 5.91 Å². The van der Waals surface area contributed by atoms with Crippen molar-refractivity contribution in [1.82, 2.24) is 4.90 Å². The zero-order valence-corrected chi connectivity index (χ0v) is 12.8. The number of carbonyl (C=O) groups excluding carboxylic acids is 1. The Morgan fingerprint density at radius 3 is 2.67 bits per heavy atom. The number of aliphatic hydroxyl groups excluding tert-OH is 1. The maximum absolute atomic E-state index is 12.5. The zero-order chi connectivity index (χ0) is 15.2. The maximum Gasteiger partial charge on any atom is 0.254 e. The van der Waals surface area contributed by atoms with Crippen LogP contribution in [-0.2, 0) is 0 Å². The molecule has 0 saturated carbocycles. The summed E-state index contributed by atoms with van der Waals surface area (Å²) in [6.45, 7) is 5.30. The minimum absolute atomic E-state index is 0.0782. The van der Waals surface area contributed by atoms with E-state index in [9.17, 15) is 4.79 Å². The molecule has 0 spiro atoms. The second-order valence-electron chi connectivity index (χ2n) is 5.83. The summed E-state index contributed by atoms with van der Waals surface area (Å²) < 4.78 is 0. The highest BCUT2D eigenvalue weighted by molar-refractivity contribution is 5.94. The SMILES string of the molecule is CC1CCN(C(=O)c2ccc(C#CCCO)cc2)C(C)C1. The van der Waals surface area contributed by atoms with Crippen molar-refractivity contribution in [2.45, 2.75) is 39.2 Å². The smallest absolute Gasteiger partial charge is 0.254 e. The molecule has 2 unspecified atom stereocenters. The monoisotopic (exact) mass is 285 g/mol. The molecule has 0 aliphatic carbocycles. The van der Waals surface area contributed by atoms with Gasteiger partial charge in [-0.05, 0) is 49.9 Å². The van der Waals surface area contributed by atoms with E-state index in [1.807, 2.05) is 29.2 Å². The second kappa shape index (κ2) is 7.28. The highest BCUT2D eigenvalue weighted by atomic mass is 16.2. The maximum atomic E-state index is 12.5. The highest BCUT2D eigenvalue weighted by Crippen LogP contribution is 2.23. The van der Waals surface area contributed by atoms with Gasteiger partial charge in [0.2, 0.25) is 0 Å². The third kappa shape index (κ3) is 4.09. The van der Waals surface area contributed by atoms with E-state index in [1.54, 1.807) is 0 Å². The summed E-state index contributed by atoms with van der Waals surface area (Å²) in [7, 11) is 0. The number of amides is 1. The Hall–Kier alpha value is -1.79. The molecule has 0 bridgehead atoms. The lowest BCUT2D eigenvalue weighted by Gasteiger charge is -2.36. The van der Waals surface area contributed by atoms with Gasteiger partial charge in [0.25, 0.3) is 5.91 Å². The van der Waals surface area contributed by atoms with Gasteiger partial charge in [0.05, 0.1) is 6.61 Å². The quantitative estimate of drug-likeness (QED) is 0.849. The van der Waals surface area contributed by atoms with Crippen LogP contribution in [0.3, 0.4) is 0 Å². The van der Waals surface area contributed by atoms with Crippen molar-refractivity contribution in [2.75, 3.05) is 13.2 Å². The fourth-order valence-electron chi connectivity index (χ4n) is 2.79. The van der Waals surface area contributed by atoms with E-state index in [2.05, 4.69) is 25.7 Å². The van der Waals surface area contributed by atoms with Crippen LogP contribution in [0.1, 0.15) is 49.0 Å². The van der Waals surface area contributed by atoms with E-state index in [0.29, 0.717) is 18.4 Å². The molecule has 1 amide bonds. The van der Waals surface area contributed by atoms with Crippen molar-refractivity contribution < 1.29 is 9.90 Å². The molecule has 0 aromatic heterocycles. The Kier molecular flexibility index (Phi) is 5.41. The molecule has 3 heteroatoms. The minimum atomic E-state index is 0.0782. The molecule has 1 heterocycles. The molecule has 1 aromatic carbocycles. The number of likely N-dealkylation sites (tertiary alicyclic amines) is 1. The van der Waals surface area contributed by atoms with E-state index in [0.717, 1.165) is 30.5 Å². The lowest BCUT2D eigenvalue weighted by molar-refractivity contribution is 0.0588. The Labute approximate surface area is 127 Å². The van der Waals surface area contributed by atoms with E-state index >= 15 is 0 Å². The van der Waals surface area contributed by atoms with Crippen LogP contribution < -0.4 is 0 Å². The number of hydrogen-bond donors (Lipinski definition) is 1. The van der Waals surface area contributed by atoms with Gasteiger partial charge in [0, 0.05) is 30.1 Å². The molecule has 1 N–H and O–H groups in total. The van der Waals surface area contributed by atoms with Gasteiger partial charge in [0.15, 0.2) is 0 Å². The number of benzene rings is 1. The van der Waals surface area contributed by atoms with Gasteiger partial charge in [-0.15, -0.1) is 0 Å². The van der Waals surface area contributed by atoms with Crippen molar-refractivity contribution in [3.05, 3.63) is 35.4 Å². The van der Waals surface area contributed by atoms with E-state index in [1.165, 1.54) is 0 Å². The standard InChI is InChI=1S/C18H23NO2/c1-14-10-11-19(15(2)13-14)18(21)17-8-6-16(7-9-17)5-3-4-12-20/h6-9,14-15,20H,4,10-13H2,1-2H3. The van der Waals surface area contributed by atoms with Gasteiger partial charge >= 0.3 is 0 Å². The third-order valence-electron chi connectivity index (χ3n) is 4.00. The van der Waals surface area contributed by atoms with Crippen molar-refractivity contribution in [2.24, 2.45) is 5.92 Å². The summed E-state index contributed by atoms with van der Waals surface area (Å²) in [4.78, 5) is 14.5. The average Bonchev–Trinajstić information content (AvgIpc) is 2.48. The third-order valence-corrected chi connectivity index (χ3v) is 4.00. The molecular formula is C18H23NO2. The van der Waals surface area contributed by atoms with Crippen molar-refractivity contribution in [1.29, 1.82) is 0 Å². The van der Waals surface area contributed by atoms with Crippen LogP contribution in [0.25, 0.3) is 0 Å². The van der Waals surface area contributed by atoms with Gasteiger partial charge < -0.3 is 10.0 Å². The van der Waals surface area contributed by atoms with E-state index in [4.69, 9.17) is 5.11 Å². The molecule has 1 fully saturated rings. The molecule has 0 radical (unpaired) electrons. The first-order valence-electron chi connectivity index (χ1n) is 7.62. The topological polar surface area (TPSA) is 40.5 Å². The molecule has 3 nitrogen and oxygen atoms in total. The average molecular weight is 285 g/mol. The number of carbonyl (C=O) groups is 1. The van der Waals surface area contributed by atoms with Crippen LogP contribution >= 0.6 is 0 Å². The van der Waals surface area contributed by atoms with Crippen LogP contribution in [0.15, 0.2) is 24.3 Å². The Morgan fingerprint density at radius 1 is 1.33 bits per heavy atom. The van der Waals surface area contributed by atoms with Crippen LogP contribution in [0, 0.1) is 17.8 Å². The van der Waals surface area contributed by atoms with Crippen molar-refractivity contribution in [3.63, 3.8) is 0 Å². The first-order valence-corrected chi connectivity index (χ1v) is 7.62. The highest BCUT2D eigenvalue weighted by Gasteiger charge is 2.27. The lowest BCUT2D eigenvalue weighted by Crippen LogP contribution is -2.44. The molecule has 1 saturated heterocycles. The predicted molar refractivity (Wildman–Crippen MR) is 83.9 cm³/mol. The summed E-state index contributed by atoms with van der Waals surface area (Å²) in [5.74, 6) is 6.67. The number of nitrogens with zero attached hydrogens (tertiary/aromatic N) is 1. The largest absolute Gasteiger partial charge is 0.395 e. The van der Waals surface area contributed by atoms with Crippen LogP contribution in [0.4, 0.5) is 0 Å². The molecule has 2 rings (SSSR count). The van der Waals surface area contributed by atoms with Crippen molar-refractivity contribution in [3.8, 4) is 11.8 Å². The first-order chi connectivity index (χ1) is 10.1. The fraction of sp³-hybridized carbons (Fsp3) is 0.500. The van der Waals surface area contributed by atoms with Crippen LogP contribution in [0.5, 0.6) is 0 Å².